The fourth-order valence-electron chi connectivity index (χ4n) is 5.46. The van der Waals surface area contributed by atoms with E-state index in [0.29, 0.717) is 12.0 Å². The number of rotatable bonds is 1. The molecule has 1 saturated heterocycles. The van der Waals surface area contributed by atoms with Gasteiger partial charge in [0.25, 0.3) is 0 Å². The van der Waals surface area contributed by atoms with E-state index in [4.69, 9.17) is 10.8 Å². The molecule has 4 atom stereocenters. The molecule has 2 aliphatic heterocycles. The van der Waals surface area contributed by atoms with E-state index in [1.54, 1.807) is 6.92 Å². The number of hydrogen-bond acceptors (Lipinski definition) is 6. The summed E-state index contributed by atoms with van der Waals surface area (Å²) in [5, 5.41) is 37.5. The lowest BCUT2D eigenvalue weighted by Crippen LogP contribution is -2.51. The zero-order chi connectivity index (χ0) is 24.6. The first-order valence-electron chi connectivity index (χ1n) is 10.6. The van der Waals surface area contributed by atoms with E-state index in [2.05, 4.69) is 4.90 Å². The molecule has 9 heteroatoms. The maximum atomic E-state index is 13.9. The lowest BCUT2D eigenvalue weighted by Gasteiger charge is -2.48. The number of nitrogens with zero attached hydrogens (tertiary/aromatic N) is 4. The van der Waals surface area contributed by atoms with Crippen LogP contribution in [0.2, 0.25) is 0 Å². The molecule has 0 spiro atoms. The summed E-state index contributed by atoms with van der Waals surface area (Å²) in [5.41, 5.74) is 3.45. The molecule has 1 aromatic carbocycles. The monoisotopic (exact) mass is 455 g/mol. The molecule has 1 aliphatic carbocycles. The average Bonchev–Trinajstić information content (AvgIpc) is 3.01. The van der Waals surface area contributed by atoms with Crippen LogP contribution in [-0.4, -0.2) is 35.7 Å². The van der Waals surface area contributed by atoms with Crippen molar-refractivity contribution in [2.24, 2.45) is 17.1 Å². The van der Waals surface area contributed by atoms with Crippen LogP contribution in [0.3, 0.4) is 0 Å². The molecule has 6 nitrogen and oxygen atoms in total. The van der Waals surface area contributed by atoms with Gasteiger partial charge in [-0.3, -0.25) is 4.90 Å². The fourth-order valence-corrected chi connectivity index (χ4v) is 5.46. The van der Waals surface area contributed by atoms with Crippen molar-refractivity contribution in [2.45, 2.75) is 43.9 Å². The van der Waals surface area contributed by atoms with Gasteiger partial charge in [0, 0.05) is 30.5 Å². The Kier molecular flexibility index (Phi) is 6.56. The Balaban J connectivity index is 0.000000968. The van der Waals surface area contributed by atoms with Crippen molar-refractivity contribution in [3.8, 4) is 18.2 Å². The highest BCUT2D eigenvalue weighted by Gasteiger charge is 2.59. The molecule has 1 fully saturated rings. The zero-order valence-electron chi connectivity index (χ0n) is 18.3. The lowest BCUT2D eigenvalue weighted by atomic mass is 9.56. The Labute approximate surface area is 190 Å². The average molecular weight is 455 g/mol. The smallest absolute Gasteiger partial charge is 0.399 e. The molecule has 2 heterocycles. The molecular weight excluding hydrogens is 431 g/mol. The van der Waals surface area contributed by atoms with Crippen LogP contribution >= 0.6 is 0 Å². The number of nitriles is 3. The van der Waals surface area contributed by atoms with E-state index >= 15 is 0 Å². The molecule has 0 radical (unpaired) electrons. The van der Waals surface area contributed by atoms with Crippen molar-refractivity contribution >= 4 is 0 Å². The second-order valence-corrected chi connectivity index (χ2v) is 8.34. The van der Waals surface area contributed by atoms with Crippen molar-refractivity contribution < 1.29 is 18.3 Å². The molecule has 33 heavy (non-hydrogen) atoms. The Morgan fingerprint density at radius 2 is 1.79 bits per heavy atom. The van der Waals surface area contributed by atoms with Gasteiger partial charge in [-0.05, 0) is 44.0 Å². The number of hydrogen-bond donors (Lipinski definition) is 2. The third-order valence-electron chi connectivity index (χ3n) is 6.82. The summed E-state index contributed by atoms with van der Waals surface area (Å²) in [6, 6.07) is 10.7. The van der Waals surface area contributed by atoms with Gasteiger partial charge in [0.15, 0.2) is 5.41 Å². The van der Waals surface area contributed by atoms with Crippen LogP contribution in [0.4, 0.5) is 13.2 Å². The Morgan fingerprint density at radius 1 is 1.18 bits per heavy atom. The predicted molar refractivity (Wildman–Crippen MR) is 114 cm³/mol. The number of likely N-dealkylation sites (N-methyl/N-ethyl adjacent to an activating group) is 1. The molecule has 2 bridgehead atoms. The predicted octanol–water partition coefficient (Wildman–Crippen LogP) is 3.59. The summed E-state index contributed by atoms with van der Waals surface area (Å²) in [6.45, 7) is 1.93. The van der Waals surface area contributed by atoms with Crippen LogP contribution in [0.5, 0.6) is 0 Å². The normalized spacial score (nSPS) is 27.8. The highest BCUT2D eigenvalue weighted by Crippen LogP contribution is 2.59. The first kappa shape index (κ1) is 24.3. The van der Waals surface area contributed by atoms with Crippen molar-refractivity contribution in [1.82, 2.24) is 4.90 Å². The molecule has 0 saturated carbocycles. The zero-order valence-corrected chi connectivity index (χ0v) is 18.3. The van der Waals surface area contributed by atoms with Crippen LogP contribution in [0.15, 0.2) is 47.2 Å². The number of fused-ring (bicyclic) bond motifs is 4. The molecule has 0 aromatic heterocycles. The minimum absolute atomic E-state index is 0.0487. The lowest BCUT2D eigenvalue weighted by molar-refractivity contribution is -0.138. The minimum atomic E-state index is -4.66. The molecule has 3 N–H and O–H groups in total. The van der Waals surface area contributed by atoms with E-state index in [-0.39, 0.29) is 35.5 Å². The van der Waals surface area contributed by atoms with Crippen LogP contribution < -0.4 is 5.73 Å². The van der Waals surface area contributed by atoms with Gasteiger partial charge >= 0.3 is 6.18 Å². The SMILES string of the molecule is CCO.CN1C2C=C3C(C#N)=C(N)C(C#N)(C#N)[C@@H](c4ccccc4C(F)(F)F)[C@@H]3C1CC2. The highest BCUT2D eigenvalue weighted by molar-refractivity contribution is 5.61. The number of allylic oxidation sites excluding steroid dienone is 2. The van der Waals surface area contributed by atoms with Crippen molar-refractivity contribution in [1.29, 1.82) is 15.8 Å². The number of halogens is 3. The van der Waals surface area contributed by atoms with Gasteiger partial charge < -0.3 is 10.8 Å². The summed E-state index contributed by atoms with van der Waals surface area (Å²) in [7, 11) is 1.89. The van der Waals surface area contributed by atoms with Gasteiger partial charge in [0.05, 0.1) is 29.0 Å². The topological polar surface area (TPSA) is 121 Å². The maximum absolute atomic E-state index is 13.9. The van der Waals surface area contributed by atoms with E-state index < -0.39 is 29.0 Å². The van der Waals surface area contributed by atoms with Gasteiger partial charge in [-0.1, -0.05) is 24.3 Å². The number of nitrogens with two attached hydrogens (primary N) is 1. The van der Waals surface area contributed by atoms with Gasteiger partial charge in [-0.2, -0.15) is 29.0 Å². The van der Waals surface area contributed by atoms with Crippen LogP contribution in [0.25, 0.3) is 0 Å². The molecule has 172 valence electrons. The largest absolute Gasteiger partial charge is 0.416 e. The second kappa shape index (κ2) is 8.90. The highest BCUT2D eigenvalue weighted by atomic mass is 19.4. The van der Waals surface area contributed by atoms with E-state index in [0.717, 1.165) is 12.5 Å². The van der Waals surface area contributed by atoms with Crippen molar-refractivity contribution in [3.63, 3.8) is 0 Å². The van der Waals surface area contributed by atoms with Gasteiger partial charge in [-0.15, -0.1) is 0 Å². The quantitative estimate of drug-likeness (QED) is 0.668. The van der Waals surface area contributed by atoms with Crippen LogP contribution in [0, 0.1) is 45.3 Å². The molecule has 0 amide bonds. The van der Waals surface area contributed by atoms with Crippen LogP contribution in [0.1, 0.15) is 36.8 Å². The third kappa shape index (κ3) is 3.66. The summed E-state index contributed by atoms with van der Waals surface area (Å²) < 4.78 is 41.7. The first-order chi connectivity index (χ1) is 15.6. The van der Waals surface area contributed by atoms with Gasteiger partial charge in [0.1, 0.15) is 6.07 Å². The Bertz CT molecular complexity index is 1100. The van der Waals surface area contributed by atoms with Crippen molar-refractivity contribution in [2.75, 3.05) is 13.7 Å². The van der Waals surface area contributed by atoms with E-state index in [1.165, 1.54) is 18.2 Å². The number of alkyl halides is 3. The fraction of sp³-hybridized carbons (Fsp3) is 0.458. The Morgan fingerprint density at radius 3 is 2.33 bits per heavy atom. The third-order valence-corrected chi connectivity index (χ3v) is 6.82. The maximum Gasteiger partial charge on any atom is 0.416 e. The summed E-state index contributed by atoms with van der Waals surface area (Å²) in [5.74, 6) is -1.78. The standard InChI is InChI=1S/C22H18F3N5.C2H6O/c1-30-12-6-7-17(30)18-14(8-12)15(9-26)20(29)21(10-27,11-28)19(18)13-4-2-3-5-16(13)22(23,24)25;1-2-3/h2-5,8,12,17-19H,6-7,29H2,1H3;3H,2H2,1H3/t12?,17?,18-,19-;/m0./s1. The van der Waals surface area contributed by atoms with Gasteiger partial charge in [0.2, 0.25) is 0 Å². The molecule has 2 unspecified atom stereocenters. The minimum Gasteiger partial charge on any atom is -0.399 e. The van der Waals surface area contributed by atoms with E-state index in [9.17, 15) is 29.0 Å². The molecule has 3 aliphatic rings. The van der Waals surface area contributed by atoms with Crippen LogP contribution in [-0.2, 0) is 6.18 Å². The Hall–Kier alpha value is -3.32. The second-order valence-electron chi connectivity index (χ2n) is 8.34. The van der Waals surface area contributed by atoms with E-state index in [1.807, 2.05) is 31.3 Å². The van der Waals surface area contributed by atoms with Gasteiger partial charge in [-0.25, -0.2) is 0 Å². The first-order valence-corrected chi connectivity index (χ1v) is 10.6. The number of benzene rings is 1. The number of aliphatic hydroxyl groups is 1. The van der Waals surface area contributed by atoms with Crippen molar-refractivity contribution in [3.05, 3.63) is 58.3 Å². The summed E-state index contributed by atoms with van der Waals surface area (Å²) >= 11 is 0. The molecular formula is C24H24F3N5O. The molecule has 4 rings (SSSR count). The number of aliphatic hydroxyl groups excluding tert-OH is 1. The summed E-state index contributed by atoms with van der Waals surface area (Å²) in [4.78, 5) is 2.06. The molecule has 1 aromatic rings. The summed E-state index contributed by atoms with van der Waals surface area (Å²) in [6.07, 6.45) is -1.30.